The van der Waals surface area contributed by atoms with Crippen LogP contribution in [0.25, 0.3) is 0 Å². The van der Waals surface area contributed by atoms with Gasteiger partial charge in [-0.25, -0.2) is 0 Å². The number of ether oxygens (including phenoxy) is 1. The fourth-order valence-electron chi connectivity index (χ4n) is 6.32. The lowest BCUT2D eigenvalue weighted by Gasteiger charge is -2.42. The first-order valence-electron chi connectivity index (χ1n) is 12.0. The third-order valence-electron chi connectivity index (χ3n) is 7.84. The number of imide groups is 1. The Bertz CT molecular complexity index is 1340. The normalized spacial score (nSPS) is 28.0. The highest BCUT2D eigenvalue weighted by molar-refractivity contribution is 6.32. The summed E-state index contributed by atoms with van der Waals surface area (Å²) in [5, 5.41) is 10.4. The van der Waals surface area contributed by atoms with Crippen molar-refractivity contribution >= 4 is 35.0 Å². The molecule has 1 aromatic carbocycles. The molecule has 0 unspecified atom stereocenters. The predicted molar refractivity (Wildman–Crippen MR) is 133 cm³/mol. The molecule has 0 bridgehead atoms. The Morgan fingerprint density at radius 2 is 1.78 bits per heavy atom. The van der Waals surface area contributed by atoms with E-state index in [9.17, 15) is 24.3 Å². The predicted octanol–water partition coefficient (Wildman–Crippen LogP) is 4.28. The molecule has 3 aliphatic carbocycles. The van der Waals surface area contributed by atoms with Gasteiger partial charge in [-0.3, -0.25) is 24.1 Å². The summed E-state index contributed by atoms with van der Waals surface area (Å²) < 4.78 is 5.31. The van der Waals surface area contributed by atoms with Gasteiger partial charge in [-0.15, -0.1) is 0 Å². The molecule has 1 saturated heterocycles. The second kappa shape index (κ2) is 8.17. The maximum absolute atomic E-state index is 13.7. The van der Waals surface area contributed by atoms with Crippen molar-refractivity contribution in [3.63, 3.8) is 0 Å². The third-order valence-corrected chi connectivity index (χ3v) is 8.13. The highest BCUT2D eigenvalue weighted by atomic mass is 35.5. The summed E-state index contributed by atoms with van der Waals surface area (Å²) in [6.07, 6.45) is 3.89. The molecule has 5 rings (SSSR count). The summed E-state index contributed by atoms with van der Waals surface area (Å²) in [5.41, 5.74) is 1.83. The number of benzene rings is 1. The van der Waals surface area contributed by atoms with Crippen LogP contribution in [-0.2, 0) is 19.2 Å². The van der Waals surface area contributed by atoms with Crippen molar-refractivity contribution in [1.82, 2.24) is 4.90 Å². The number of nitrogens with zero attached hydrogens (tertiary/aromatic N) is 1. The van der Waals surface area contributed by atoms with Crippen molar-refractivity contribution in [3.05, 3.63) is 57.2 Å². The number of methoxy groups -OCH3 is 1. The molecule has 1 aliphatic heterocycles. The molecule has 1 heterocycles. The lowest BCUT2D eigenvalue weighted by atomic mass is 9.59. The zero-order valence-electron chi connectivity index (χ0n) is 20.8. The van der Waals surface area contributed by atoms with E-state index in [1.165, 1.54) is 18.1 Å². The molecule has 36 heavy (non-hydrogen) atoms. The molecule has 8 heteroatoms. The first-order chi connectivity index (χ1) is 16.9. The van der Waals surface area contributed by atoms with Crippen molar-refractivity contribution in [3.8, 4) is 11.5 Å². The Labute approximate surface area is 214 Å². The van der Waals surface area contributed by atoms with E-state index < -0.39 is 29.2 Å². The van der Waals surface area contributed by atoms with Crippen LogP contribution < -0.4 is 4.74 Å². The molecule has 4 aliphatic rings. The summed E-state index contributed by atoms with van der Waals surface area (Å²) >= 11 is 6.33. The van der Waals surface area contributed by atoms with E-state index >= 15 is 0 Å². The number of carbonyl (C=O) groups excluding carboxylic acids is 4. The van der Waals surface area contributed by atoms with Crippen LogP contribution in [0.1, 0.15) is 52.0 Å². The molecule has 7 nitrogen and oxygen atoms in total. The van der Waals surface area contributed by atoms with Crippen LogP contribution in [0.3, 0.4) is 0 Å². The fourth-order valence-corrected chi connectivity index (χ4v) is 6.54. The van der Waals surface area contributed by atoms with E-state index in [-0.39, 0.29) is 46.3 Å². The number of aromatic hydroxyl groups is 1. The van der Waals surface area contributed by atoms with Crippen molar-refractivity contribution in [2.45, 2.75) is 52.0 Å². The second-order valence-electron chi connectivity index (χ2n) is 11.0. The Hall–Kier alpha value is -3.19. The highest BCUT2D eigenvalue weighted by Crippen LogP contribution is 2.56. The van der Waals surface area contributed by atoms with E-state index in [1.54, 1.807) is 19.1 Å². The van der Waals surface area contributed by atoms with Crippen LogP contribution in [-0.4, -0.2) is 46.0 Å². The molecule has 1 aromatic rings. The Kier molecular flexibility index (Phi) is 5.56. The first-order valence-corrected chi connectivity index (χ1v) is 12.4. The summed E-state index contributed by atoms with van der Waals surface area (Å²) in [6.45, 7) is 7.12. The van der Waals surface area contributed by atoms with Gasteiger partial charge in [0.2, 0.25) is 11.8 Å². The van der Waals surface area contributed by atoms with Crippen molar-refractivity contribution in [1.29, 1.82) is 0 Å². The van der Waals surface area contributed by atoms with Crippen LogP contribution in [0.4, 0.5) is 0 Å². The molecule has 0 spiro atoms. The van der Waals surface area contributed by atoms with Gasteiger partial charge in [0, 0.05) is 28.2 Å². The van der Waals surface area contributed by atoms with E-state index in [0.29, 0.717) is 28.7 Å². The number of amides is 2. The van der Waals surface area contributed by atoms with E-state index in [2.05, 4.69) is 0 Å². The van der Waals surface area contributed by atoms with Crippen LogP contribution in [0.5, 0.6) is 11.5 Å². The number of likely N-dealkylation sites (tertiary alicyclic amines) is 1. The largest absolute Gasteiger partial charge is 0.503 e. The molecule has 4 atom stereocenters. The Morgan fingerprint density at radius 3 is 2.42 bits per heavy atom. The second-order valence-corrected chi connectivity index (χ2v) is 11.4. The molecule has 0 saturated carbocycles. The number of allylic oxidation sites excluding steroid dienone is 6. The number of carbonyl (C=O) groups is 4. The minimum absolute atomic E-state index is 0.0517. The molecular formula is C28H28ClNO6. The molecule has 188 valence electrons. The molecule has 1 fully saturated rings. The third kappa shape index (κ3) is 3.39. The maximum Gasteiger partial charge on any atom is 0.234 e. The standard InChI is InChI=1S/C28H28ClNO6/c1-12-8-19(31)17-11-16-14(6-7-15-22(16)27(35)30(26(15)34)28(2,3)4)21(23(17)24(12)32)13-9-18(29)25(33)20(10-13)36-5/h6,8-10,15-16,21-22,33H,7,11H2,1-5H3/t15-,16+,21-,22-/m0/s1. The molecule has 2 amide bonds. The van der Waals surface area contributed by atoms with Crippen LogP contribution in [0, 0.1) is 17.8 Å². The van der Waals surface area contributed by atoms with Gasteiger partial charge in [0.05, 0.1) is 24.0 Å². The molecular weight excluding hydrogens is 482 g/mol. The van der Waals surface area contributed by atoms with Crippen molar-refractivity contribution in [2.24, 2.45) is 17.8 Å². The van der Waals surface area contributed by atoms with Crippen LogP contribution >= 0.6 is 11.6 Å². The highest BCUT2D eigenvalue weighted by Gasteiger charge is 2.58. The van der Waals surface area contributed by atoms with Gasteiger partial charge >= 0.3 is 0 Å². The average Bonchev–Trinajstić information content (AvgIpc) is 3.08. The van der Waals surface area contributed by atoms with E-state index in [4.69, 9.17) is 16.3 Å². The quantitative estimate of drug-likeness (QED) is 0.363. The minimum Gasteiger partial charge on any atom is -0.503 e. The zero-order chi connectivity index (χ0) is 26.3. The Morgan fingerprint density at radius 1 is 1.08 bits per heavy atom. The van der Waals surface area contributed by atoms with Gasteiger partial charge in [-0.2, -0.15) is 0 Å². The van der Waals surface area contributed by atoms with Gasteiger partial charge in [-0.1, -0.05) is 23.3 Å². The number of fused-ring (bicyclic) bond motifs is 3. The average molecular weight is 510 g/mol. The fraction of sp³-hybridized carbons (Fsp3) is 0.429. The van der Waals surface area contributed by atoms with Crippen molar-refractivity contribution in [2.75, 3.05) is 7.11 Å². The maximum atomic E-state index is 13.7. The lowest BCUT2D eigenvalue weighted by Crippen LogP contribution is -2.46. The number of hydrogen-bond donors (Lipinski definition) is 1. The van der Waals surface area contributed by atoms with Crippen molar-refractivity contribution < 1.29 is 29.0 Å². The van der Waals surface area contributed by atoms with Gasteiger partial charge < -0.3 is 9.84 Å². The topological polar surface area (TPSA) is 101 Å². The van der Waals surface area contributed by atoms with Gasteiger partial charge in [-0.05, 0) is 70.2 Å². The first kappa shape index (κ1) is 24.5. The number of hydrogen-bond acceptors (Lipinski definition) is 6. The summed E-state index contributed by atoms with van der Waals surface area (Å²) in [7, 11) is 1.40. The number of phenolic OH excluding ortho intramolecular Hbond substituents is 1. The number of Topliss-reactive ketones (excluding diaryl/α,β-unsaturated/α-hetero) is 1. The smallest absolute Gasteiger partial charge is 0.234 e. The van der Waals surface area contributed by atoms with Crippen LogP contribution in [0.15, 0.2) is 46.6 Å². The SMILES string of the molecule is COc1cc([C@H]2C3=CC[C@@H]4C(=O)N(C(C)(C)C)C(=O)[C@@H]4[C@@H]3CC3=C2C(=O)C(C)=CC3=O)cc(Cl)c1O. The molecule has 1 N–H and O–H groups in total. The van der Waals surface area contributed by atoms with Gasteiger partial charge in [0.25, 0.3) is 0 Å². The summed E-state index contributed by atoms with van der Waals surface area (Å²) in [4.78, 5) is 55.0. The summed E-state index contributed by atoms with van der Waals surface area (Å²) in [6, 6.07) is 3.18. The number of ketones is 2. The summed E-state index contributed by atoms with van der Waals surface area (Å²) in [5.74, 6) is -3.18. The number of phenols is 1. The number of rotatable bonds is 2. The zero-order valence-corrected chi connectivity index (χ0v) is 21.6. The minimum atomic E-state index is -0.668. The van der Waals surface area contributed by atoms with Crippen LogP contribution in [0.2, 0.25) is 5.02 Å². The van der Waals surface area contributed by atoms with E-state index in [1.807, 2.05) is 26.8 Å². The van der Waals surface area contributed by atoms with Gasteiger partial charge in [0.15, 0.2) is 23.1 Å². The van der Waals surface area contributed by atoms with Gasteiger partial charge in [0.1, 0.15) is 0 Å². The molecule has 0 aromatic heterocycles. The Balaban J connectivity index is 1.72. The van der Waals surface area contributed by atoms with E-state index in [0.717, 1.165) is 5.57 Å². The molecule has 0 radical (unpaired) electrons. The monoisotopic (exact) mass is 509 g/mol. The number of halogens is 1. The lowest BCUT2D eigenvalue weighted by molar-refractivity contribution is -0.145.